The first-order valence-electron chi connectivity index (χ1n) is 2.76. The molecule has 1 atom stereocenters. The molecule has 0 aromatic rings. The molecule has 4 nitrogen and oxygen atoms in total. The van der Waals surface area contributed by atoms with Crippen molar-refractivity contribution in [3.8, 4) is 0 Å². The lowest BCUT2D eigenvalue weighted by atomic mass is 10.1. The Bertz CT molecular complexity index is 71.4. The van der Waals surface area contributed by atoms with E-state index in [2.05, 4.69) is 0 Å². The van der Waals surface area contributed by atoms with E-state index in [0.29, 0.717) is 0 Å². The van der Waals surface area contributed by atoms with Crippen molar-refractivity contribution in [1.82, 2.24) is 0 Å². The highest BCUT2D eigenvalue weighted by atomic mass is 16.5. The average Bonchev–Trinajstić information content (AvgIpc) is 1.63. The standard InChI is InChI=1S/C5H12O4/c1-3(5(8)9)2-4(6)7/h3-9H,2H2,1H3. The van der Waals surface area contributed by atoms with Gasteiger partial charge in [-0.15, -0.1) is 0 Å². The Morgan fingerprint density at radius 3 is 1.67 bits per heavy atom. The van der Waals surface area contributed by atoms with Crippen LogP contribution in [0, 0.1) is 5.92 Å². The molecular formula is C5H12O4. The van der Waals surface area contributed by atoms with Crippen molar-refractivity contribution in [2.75, 3.05) is 0 Å². The Hall–Kier alpha value is -0.160. The predicted molar refractivity (Wildman–Crippen MR) is 30.2 cm³/mol. The maximum Gasteiger partial charge on any atom is 0.154 e. The summed E-state index contributed by atoms with van der Waals surface area (Å²) in [6.07, 6.45) is -2.94. The Balaban J connectivity index is 3.38. The average molecular weight is 136 g/mol. The molecule has 0 saturated carbocycles. The molecular weight excluding hydrogens is 124 g/mol. The molecule has 56 valence electrons. The van der Waals surface area contributed by atoms with Gasteiger partial charge in [-0.05, 0) is 0 Å². The van der Waals surface area contributed by atoms with E-state index in [1.807, 2.05) is 0 Å². The van der Waals surface area contributed by atoms with Crippen LogP contribution in [0.2, 0.25) is 0 Å². The van der Waals surface area contributed by atoms with Crippen LogP contribution in [-0.4, -0.2) is 33.0 Å². The highest BCUT2D eigenvalue weighted by molar-refractivity contribution is 4.53. The predicted octanol–water partition coefficient (Wildman–Crippen LogP) is -1.37. The van der Waals surface area contributed by atoms with Crippen LogP contribution in [0.3, 0.4) is 0 Å². The molecule has 0 saturated heterocycles. The van der Waals surface area contributed by atoms with Crippen LogP contribution in [0.25, 0.3) is 0 Å². The topological polar surface area (TPSA) is 80.9 Å². The SMILES string of the molecule is CC(CC(O)O)C(O)O. The lowest BCUT2D eigenvalue weighted by molar-refractivity contribution is -0.118. The van der Waals surface area contributed by atoms with Crippen molar-refractivity contribution in [3.63, 3.8) is 0 Å². The van der Waals surface area contributed by atoms with E-state index in [-0.39, 0.29) is 6.42 Å². The van der Waals surface area contributed by atoms with Crippen LogP contribution in [-0.2, 0) is 0 Å². The van der Waals surface area contributed by atoms with Gasteiger partial charge >= 0.3 is 0 Å². The summed E-state index contributed by atoms with van der Waals surface area (Å²) in [5.74, 6) is -0.495. The molecule has 0 heterocycles. The van der Waals surface area contributed by atoms with Gasteiger partial charge < -0.3 is 20.4 Å². The van der Waals surface area contributed by atoms with E-state index in [0.717, 1.165) is 0 Å². The summed E-state index contributed by atoms with van der Waals surface area (Å²) in [4.78, 5) is 0. The minimum atomic E-state index is -1.47. The Morgan fingerprint density at radius 2 is 1.56 bits per heavy atom. The minimum absolute atomic E-state index is 0.0162. The fraction of sp³-hybridized carbons (Fsp3) is 1.00. The van der Waals surface area contributed by atoms with Gasteiger partial charge in [-0.2, -0.15) is 0 Å². The molecule has 0 amide bonds. The number of aliphatic hydroxyl groups is 4. The maximum atomic E-state index is 8.40. The van der Waals surface area contributed by atoms with Crippen molar-refractivity contribution in [1.29, 1.82) is 0 Å². The molecule has 4 N–H and O–H groups in total. The van der Waals surface area contributed by atoms with Crippen molar-refractivity contribution in [2.24, 2.45) is 5.92 Å². The highest BCUT2D eigenvalue weighted by Gasteiger charge is 2.13. The first-order chi connectivity index (χ1) is 4.04. The first kappa shape index (κ1) is 8.84. The van der Waals surface area contributed by atoms with Gasteiger partial charge in [0.2, 0.25) is 0 Å². The third-order valence-corrected chi connectivity index (χ3v) is 1.09. The second-order valence-electron chi connectivity index (χ2n) is 2.11. The third kappa shape index (κ3) is 4.35. The normalized spacial score (nSPS) is 15.0. The second kappa shape index (κ2) is 3.79. The van der Waals surface area contributed by atoms with Crippen molar-refractivity contribution >= 4 is 0 Å². The van der Waals surface area contributed by atoms with Gasteiger partial charge in [0.05, 0.1) is 0 Å². The lowest BCUT2D eigenvalue weighted by Gasteiger charge is -2.13. The largest absolute Gasteiger partial charge is 0.368 e. The molecule has 0 fully saturated rings. The van der Waals surface area contributed by atoms with Gasteiger partial charge in [-0.25, -0.2) is 0 Å². The summed E-state index contributed by atoms with van der Waals surface area (Å²) < 4.78 is 0. The summed E-state index contributed by atoms with van der Waals surface area (Å²) in [7, 11) is 0. The zero-order valence-corrected chi connectivity index (χ0v) is 5.23. The summed E-state index contributed by atoms with van der Waals surface area (Å²) in [6.45, 7) is 1.52. The van der Waals surface area contributed by atoms with Gasteiger partial charge in [0, 0.05) is 12.3 Å². The van der Waals surface area contributed by atoms with Crippen LogP contribution in [0.4, 0.5) is 0 Å². The molecule has 0 spiro atoms. The molecule has 9 heavy (non-hydrogen) atoms. The minimum Gasteiger partial charge on any atom is -0.368 e. The summed E-state index contributed by atoms with van der Waals surface area (Å²) in [5.41, 5.74) is 0. The van der Waals surface area contributed by atoms with Gasteiger partial charge in [0.25, 0.3) is 0 Å². The third-order valence-electron chi connectivity index (χ3n) is 1.09. The fourth-order valence-corrected chi connectivity index (χ4v) is 0.454. The highest BCUT2D eigenvalue weighted by Crippen LogP contribution is 2.06. The Kier molecular flexibility index (Phi) is 3.72. The molecule has 0 radical (unpaired) electrons. The quantitative estimate of drug-likeness (QED) is 0.361. The first-order valence-corrected chi connectivity index (χ1v) is 2.76. The summed E-state index contributed by atoms with van der Waals surface area (Å²) in [5, 5.41) is 33.4. The number of rotatable bonds is 3. The number of aliphatic hydroxyl groups excluding tert-OH is 2. The zero-order valence-electron chi connectivity index (χ0n) is 5.23. The molecule has 0 aromatic carbocycles. The lowest BCUT2D eigenvalue weighted by Crippen LogP contribution is -2.21. The van der Waals surface area contributed by atoms with Gasteiger partial charge in [0.1, 0.15) is 0 Å². The molecule has 4 heteroatoms. The summed E-state index contributed by atoms with van der Waals surface area (Å²) >= 11 is 0. The van der Waals surface area contributed by atoms with E-state index < -0.39 is 18.5 Å². The van der Waals surface area contributed by atoms with Crippen LogP contribution < -0.4 is 0 Å². The maximum absolute atomic E-state index is 8.40. The van der Waals surface area contributed by atoms with Crippen LogP contribution >= 0.6 is 0 Å². The van der Waals surface area contributed by atoms with Gasteiger partial charge in [0.15, 0.2) is 12.6 Å². The Labute approximate surface area is 53.4 Å². The molecule has 1 unspecified atom stereocenters. The van der Waals surface area contributed by atoms with Crippen molar-refractivity contribution in [2.45, 2.75) is 25.9 Å². The van der Waals surface area contributed by atoms with Gasteiger partial charge in [-0.1, -0.05) is 6.92 Å². The number of hydrogen-bond donors (Lipinski definition) is 4. The number of hydrogen-bond acceptors (Lipinski definition) is 4. The smallest absolute Gasteiger partial charge is 0.154 e. The Morgan fingerprint density at radius 1 is 1.11 bits per heavy atom. The molecule has 0 aliphatic heterocycles. The molecule has 0 aromatic heterocycles. The van der Waals surface area contributed by atoms with E-state index in [4.69, 9.17) is 20.4 Å². The zero-order chi connectivity index (χ0) is 7.44. The van der Waals surface area contributed by atoms with Crippen molar-refractivity contribution < 1.29 is 20.4 Å². The molecule has 0 aliphatic carbocycles. The molecule has 0 bridgehead atoms. The van der Waals surface area contributed by atoms with Gasteiger partial charge in [-0.3, -0.25) is 0 Å². The van der Waals surface area contributed by atoms with Crippen LogP contribution in [0.15, 0.2) is 0 Å². The van der Waals surface area contributed by atoms with E-state index >= 15 is 0 Å². The van der Waals surface area contributed by atoms with E-state index in [1.165, 1.54) is 6.92 Å². The van der Waals surface area contributed by atoms with E-state index in [1.54, 1.807) is 0 Å². The van der Waals surface area contributed by atoms with E-state index in [9.17, 15) is 0 Å². The van der Waals surface area contributed by atoms with Crippen molar-refractivity contribution in [3.05, 3.63) is 0 Å². The fourth-order valence-electron chi connectivity index (χ4n) is 0.454. The van der Waals surface area contributed by atoms with Crippen LogP contribution in [0.1, 0.15) is 13.3 Å². The second-order valence-corrected chi connectivity index (χ2v) is 2.11. The van der Waals surface area contributed by atoms with Crippen LogP contribution in [0.5, 0.6) is 0 Å². The molecule has 0 rings (SSSR count). The summed E-state index contributed by atoms with van der Waals surface area (Å²) in [6, 6.07) is 0. The molecule has 0 aliphatic rings. The monoisotopic (exact) mass is 136 g/mol.